The van der Waals surface area contributed by atoms with Crippen LogP contribution < -0.4 is 14.8 Å². The Hall–Kier alpha value is -3.13. The van der Waals surface area contributed by atoms with E-state index in [0.29, 0.717) is 28.1 Å². The molecular formula is C25H25BrN2O5. The Bertz CT molecular complexity index is 1140. The number of nitrogens with zero attached hydrogens (tertiary/aromatic N) is 1. The van der Waals surface area contributed by atoms with Gasteiger partial charge in [0, 0.05) is 10.5 Å². The number of amides is 4. The number of benzene rings is 2. The zero-order chi connectivity index (χ0) is 23.5. The van der Waals surface area contributed by atoms with Crippen molar-refractivity contribution >= 4 is 39.9 Å². The molecule has 1 N–H and O–H groups in total. The van der Waals surface area contributed by atoms with Crippen LogP contribution in [0.1, 0.15) is 42.4 Å². The normalized spacial score (nSPS) is 18.1. The molecule has 172 valence electrons. The van der Waals surface area contributed by atoms with Crippen LogP contribution in [0, 0.1) is 6.92 Å². The monoisotopic (exact) mass is 512 g/mol. The van der Waals surface area contributed by atoms with Gasteiger partial charge in [-0.3, -0.25) is 19.8 Å². The molecule has 8 heteroatoms. The van der Waals surface area contributed by atoms with Crippen LogP contribution in [0.15, 0.2) is 46.4 Å². The fraction of sp³-hybridized carbons (Fsp3) is 0.320. The highest BCUT2D eigenvalue weighted by atomic mass is 79.9. The fourth-order valence-corrected chi connectivity index (χ4v) is 4.65. The minimum Gasteiger partial charge on any atom is -0.493 e. The largest absolute Gasteiger partial charge is 0.493 e. The second kappa shape index (κ2) is 9.79. The minimum absolute atomic E-state index is 0.0855. The van der Waals surface area contributed by atoms with Gasteiger partial charge in [-0.15, -0.1) is 0 Å². The molecule has 2 fully saturated rings. The van der Waals surface area contributed by atoms with Gasteiger partial charge in [-0.1, -0.05) is 58.6 Å². The van der Waals surface area contributed by atoms with Crippen molar-refractivity contribution in [3.63, 3.8) is 0 Å². The number of carbonyl (C=O) groups is 3. The lowest BCUT2D eigenvalue weighted by atomic mass is 10.0. The van der Waals surface area contributed by atoms with Crippen LogP contribution in [0.2, 0.25) is 0 Å². The molecule has 4 rings (SSSR count). The Balaban J connectivity index is 1.60. The van der Waals surface area contributed by atoms with E-state index in [-0.39, 0.29) is 11.6 Å². The molecule has 2 aliphatic rings. The summed E-state index contributed by atoms with van der Waals surface area (Å²) in [6.45, 7) is 2.39. The number of hydrogen-bond acceptors (Lipinski definition) is 5. The van der Waals surface area contributed by atoms with Gasteiger partial charge in [0.2, 0.25) is 0 Å². The molecule has 1 saturated carbocycles. The summed E-state index contributed by atoms with van der Waals surface area (Å²) in [7, 11) is 1.53. The predicted molar refractivity (Wildman–Crippen MR) is 127 cm³/mol. The number of barbiturate groups is 1. The van der Waals surface area contributed by atoms with Crippen molar-refractivity contribution in [1.82, 2.24) is 10.2 Å². The molecular weight excluding hydrogens is 488 g/mol. The van der Waals surface area contributed by atoms with Crippen molar-refractivity contribution in [3.8, 4) is 11.5 Å². The molecule has 0 radical (unpaired) electrons. The quantitative estimate of drug-likeness (QED) is 0.445. The fourth-order valence-electron chi connectivity index (χ4n) is 4.22. The number of ether oxygens (including phenoxy) is 2. The molecule has 0 unspecified atom stereocenters. The number of imide groups is 2. The number of carbonyl (C=O) groups excluding carboxylic acids is 3. The van der Waals surface area contributed by atoms with Crippen LogP contribution in [0.3, 0.4) is 0 Å². The number of aryl methyl sites for hydroxylation is 1. The van der Waals surface area contributed by atoms with E-state index in [1.54, 1.807) is 12.1 Å². The van der Waals surface area contributed by atoms with Crippen molar-refractivity contribution in [1.29, 1.82) is 0 Å². The molecule has 0 atom stereocenters. The SMILES string of the molecule is COc1cc(/C=C2\C(=O)NC(=O)N(C3CCCC3)C2=O)c(Br)cc1OCc1cccc(C)c1. The molecule has 2 aromatic rings. The molecule has 0 aromatic heterocycles. The van der Waals surface area contributed by atoms with Crippen LogP contribution in [-0.4, -0.2) is 35.9 Å². The summed E-state index contributed by atoms with van der Waals surface area (Å²) in [6.07, 6.45) is 4.90. The number of nitrogens with one attached hydrogen (secondary N) is 1. The molecule has 33 heavy (non-hydrogen) atoms. The maximum absolute atomic E-state index is 13.1. The van der Waals surface area contributed by atoms with Gasteiger partial charge in [0.25, 0.3) is 11.8 Å². The summed E-state index contributed by atoms with van der Waals surface area (Å²) in [6, 6.07) is 10.6. The molecule has 0 bridgehead atoms. The standard InChI is InChI=1S/C25H25BrN2O5/c1-15-6-5-7-16(10-15)14-33-22-13-20(26)17(12-21(22)32-2)11-19-23(29)27-25(31)28(24(19)30)18-8-3-4-9-18/h5-7,10-13,18H,3-4,8-9,14H2,1-2H3,(H,27,29,31)/b19-11+. The van der Waals surface area contributed by atoms with Gasteiger partial charge < -0.3 is 9.47 Å². The number of halogens is 1. The van der Waals surface area contributed by atoms with E-state index in [1.165, 1.54) is 18.1 Å². The number of rotatable bonds is 6. The lowest BCUT2D eigenvalue weighted by molar-refractivity contribution is -0.131. The highest BCUT2D eigenvalue weighted by molar-refractivity contribution is 9.10. The zero-order valence-corrected chi connectivity index (χ0v) is 20.1. The molecule has 0 spiro atoms. The van der Waals surface area contributed by atoms with E-state index in [2.05, 4.69) is 21.2 Å². The molecule has 1 saturated heterocycles. The lowest BCUT2D eigenvalue weighted by Gasteiger charge is -2.31. The van der Waals surface area contributed by atoms with Crippen LogP contribution in [0.25, 0.3) is 6.08 Å². The van der Waals surface area contributed by atoms with Gasteiger partial charge in [-0.25, -0.2) is 4.79 Å². The molecule has 4 amide bonds. The van der Waals surface area contributed by atoms with Crippen LogP contribution >= 0.6 is 15.9 Å². The van der Waals surface area contributed by atoms with Gasteiger partial charge in [-0.05, 0) is 49.1 Å². The summed E-state index contributed by atoms with van der Waals surface area (Å²) in [5.41, 5.74) is 2.65. The first-order valence-electron chi connectivity index (χ1n) is 10.8. The van der Waals surface area contributed by atoms with E-state index in [1.807, 2.05) is 31.2 Å². The van der Waals surface area contributed by atoms with Gasteiger partial charge in [0.05, 0.1) is 7.11 Å². The summed E-state index contributed by atoms with van der Waals surface area (Å²) < 4.78 is 12.1. The van der Waals surface area contributed by atoms with Crippen molar-refractivity contribution < 1.29 is 23.9 Å². The molecule has 2 aromatic carbocycles. The molecule has 7 nitrogen and oxygen atoms in total. The number of hydrogen-bond donors (Lipinski definition) is 1. The number of urea groups is 1. The summed E-state index contributed by atoms with van der Waals surface area (Å²) >= 11 is 3.50. The predicted octanol–water partition coefficient (Wildman–Crippen LogP) is 4.75. The first kappa shape index (κ1) is 23.0. The van der Waals surface area contributed by atoms with Gasteiger partial charge >= 0.3 is 6.03 Å². The molecule has 1 heterocycles. The summed E-state index contributed by atoms with van der Waals surface area (Å²) in [5.74, 6) is -0.286. The highest BCUT2D eigenvalue weighted by Gasteiger charge is 2.40. The van der Waals surface area contributed by atoms with E-state index in [9.17, 15) is 14.4 Å². The van der Waals surface area contributed by atoms with Crippen molar-refractivity contribution in [2.45, 2.75) is 45.3 Å². The Morgan fingerprint density at radius 3 is 2.58 bits per heavy atom. The van der Waals surface area contributed by atoms with Crippen molar-refractivity contribution in [2.75, 3.05) is 7.11 Å². The Morgan fingerprint density at radius 2 is 1.88 bits per heavy atom. The summed E-state index contributed by atoms with van der Waals surface area (Å²) in [5, 5.41) is 2.30. The Morgan fingerprint density at radius 1 is 1.12 bits per heavy atom. The van der Waals surface area contributed by atoms with Crippen LogP contribution in [0.5, 0.6) is 11.5 Å². The van der Waals surface area contributed by atoms with E-state index in [0.717, 1.165) is 36.8 Å². The van der Waals surface area contributed by atoms with Crippen LogP contribution in [-0.2, 0) is 16.2 Å². The average molecular weight is 513 g/mol. The summed E-state index contributed by atoms with van der Waals surface area (Å²) in [4.78, 5) is 39.0. The maximum atomic E-state index is 13.1. The Kier molecular flexibility index (Phi) is 6.83. The maximum Gasteiger partial charge on any atom is 0.331 e. The first-order valence-corrected chi connectivity index (χ1v) is 11.6. The third-order valence-corrected chi connectivity index (χ3v) is 6.57. The minimum atomic E-state index is -0.704. The smallest absolute Gasteiger partial charge is 0.331 e. The number of methoxy groups -OCH3 is 1. The second-order valence-electron chi connectivity index (χ2n) is 8.23. The topological polar surface area (TPSA) is 84.9 Å². The second-order valence-corrected chi connectivity index (χ2v) is 9.09. The van der Waals surface area contributed by atoms with E-state index in [4.69, 9.17) is 9.47 Å². The van der Waals surface area contributed by atoms with Gasteiger partial charge in [0.15, 0.2) is 11.5 Å². The lowest BCUT2D eigenvalue weighted by Crippen LogP contribution is -2.57. The molecule has 1 aliphatic heterocycles. The van der Waals surface area contributed by atoms with E-state index < -0.39 is 17.8 Å². The van der Waals surface area contributed by atoms with E-state index >= 15 is 0 Å². The first-order chi connectivity index (χ1) is 15.9. The van der Waals surface area contributed by atoms with Gasteiger partial charge in [0.1, 0.15) is 12.2 Å². The van der Waals surface area contributed by atoms with Gasteiger partial charge in [-0.2, -0.15) is 0 Å². The van der Waals surface area contributed by atoms with Crippen molar-refractivity contribution in [2.24, 2.45) is 0 Å². The third-order valence-electron chi connectivity index (χ3n) is 5.88. The van der Waals surface area contributed by atoms with Crippen molar-refractivity contribution in [3.05, 3.63) is 63.1 Å². The zero-order valence-electron chi connectivity index (χ0n) is 18.5. The molecule has 1 aliphatic carbocycles. The average Bonchev–Trinajstić information content (AvgIpc) is 3.30. The third kappa shape index (κ3) is 4.95. The van der Waals surface area contributed by atoms with Crippen LogP contribution in [0.4, 0.5) is 4.79 Å². The Labute approximate surface area is 200 Å². The highest BCUT2D eigenvalue weighted by Crippen LogP contribution is 2.36.